The minimum absolute atomic E-state index is 0.217. The second-order valence-corrected chi connectivity index (χ2v) is 14.5. The normalized spacial score (nSPS) is 17.9. The molecule has 1 saturated heterocycles. The van der Waals surface area contributed by atoms with Crippen LogP contribution in [-0.4, -0.2) is 102 Å². The first-order chi connectivity index (χ1) is 31.1. The number of alkyl halides is 6. The predicted molar refractivity (Wildman–Crippen MR) is 218 cm³/mol. The summed E-state index contributed by atoms with van der Waals surface area (Å²) in [4.78, 5) is 36.9. The van der Waals surface area contributed by atoms with Gasteiger partial charge in [0.15, 0.2) is 29.9 Å². The van der Waals surface area contributed by atoms with Crippen LogP contribution >= 0.6 is 0 Å². The van der Waals surface area contributed by atoms with Gasteiger partial charge in [-0.1, -0.05) is 72.8 Å². The molecule has 0 saturated carbocycles. The van der Waals surface area contributed by atoms with Gasteiger partial charge in [-0.25, -0.2) is 4.98 Å². The standard InChI is InChI=1S/C44H41F6N5O10/c1-59-29-17-13-27(14-18-29)42(26-9-5-3-6-10-26,28-15-19-30(60-2)20-16-28)64-21-32-36(57)37(63-25-61-22-33(43(45,46)47)44(48,49)50)40(65-32)55-24-51-35-38(55)53-41(54-39(35)58)52-34(56)23-62-31-11-7-4-8-12-31/h3-20,24,32-33,36-37,40,57H,21-23,25H2,1-2H3,(H2,52,53,54,56,58)/t32-,36?,37?,40-/m1/s1. The van der Waals surface area contributed by atoms with E-state index in [1.807, 2.05) is 18.2 Å². The van der Waals surface area contributed by atoms with Crippen LogP contribution in [0.1, 0.15) is 22.9 Å². The molecule has 1 aliphatic heterocycles. The number of hydrogen-bond acceptors (Lipinski definition) is 12. The number of aliphatic hydroxyl groups excluding tert-OH is 1. The monoisotopic (exact) mass is 913 g/mol. The van der Waals surface area contributed by atoms with E-state index < -0.39 is 86.5 Å². The van der Waals surface area contributed by atoms with Crippen LogP contribution in [0.15, 0.2) is 120 Å². The number of benzene rings is 4. The number of aliphatic hydroxyl groups is 1. The summed E-state index contributed by atoms with van der Waals surface area (Å²) in [6.45, 7) is -3.92. The van der Waals surface area contributed by atoms with Crippen LogP contribution in [0.5, 0.6) is 17.2 Å². The molecule has 7 rings (SSSR count). The van der Waals surface area contributed by atoms with Crippen LogP contribution < -0.4 is 25.1 Å². The van der Waals surface area contributed by atoms with Gasteiger partial charge in [-0.05, 0) is 53.1 Å². The molecule has 21 heteroatoms. The molecule has 0 radical (unpaired) electrons. The van der Waals surface area contributed by atoms with Crippen LogP contribution in [0.25, 0.3) is 11.2 Å². The number of nitrogens with zero attached hydrogens (tertiary/aromatic N) is 3. The number of carbonyl (C=O) groups excluding carboxylic acids is 1. The molecule has 344 valence electrons. The number of H-pyrrole nitrogens is 1. The van der Waals surface area contributed by atoms with Gasteiger partial charge in [-0.15, -0.1) is 0 Å². The van der Waals surface area contributed by atoms with E-state index in [-0.39, 0.29) is 17.1 Å². The summed E-state index contributed by atoms with van der Waals surface area (Å²) in [6, 6.07) is 31.5. The molecule has 2 unspecified atom stereocenters. The molecule has 0 bridgehead atoms. The quantitative estimate of drug-likeness (QED) is 0.0369. The fraction of sp³-hybridized carbons (Fsp3) is 0.318. The van der Waals surface area contributed by atoms with Gasteiger partial charge in [-0.2, -0.15) is 31.3 Å². The molecule has 3 heterocycles. The highest BCUT2D eigenvalue weighted by molar-refractivity contribution is 5.90. The van der Waals surface area contributed by atoms with Crippen LogP contribution in [0.2, 0.25) is 0 Å². The molecule has 15 nitrogen and oxygen atoms in total. The Morgan fingerprint density at radius 2 is 1.40 bits per heavy atom. The first-order valence-corrected chi connectivity index (χ1v) is 19.7. The van der Waals surface area contributed by atoms with Crippen molar-refractivity contribution in [3.63, 3.8) is 0 Å². The van der Waals surface area contributed by atoms with Crippen molar-refractivity contribution in [3.8, 4) is 17.2 Å². The van der Waals surface area contributed by atoms with Crippen molar-refractivity contribution in [3.05, 3.63) is 143 Å². The summed E-state index contributed by atoms with van der Waals surface area (Å²) in [5.41, 5.74) is -0.879. The molecule has 2 aromatic heterocycles. The molecule has 0 aliphatic carbocycles. The molecule has 1 fully saturated rings. The Kier molecular flexibility index (Phi) is 14.1. The summed E-state index contributed by atoms with van der Waals surface area (Å²) in [7, 11) is 3.02. The van der Waals surface area contributed by atoms with Crippen molar-refractivity contribution < 1.29 is 69.4 Å². The van der Waals surface area contributed by atoms with E-state index in [9.17, 15) is 41.0 Å². The Labute approximate surface area is 365 Å². The van der Waals surface area contributed by atoms with Crippen LogP contribution in [0.3, 0.4) is 0 Å². The van der Waals surface area contributed by atoms with Crippen molar-refractivity contribution in [2.75, 3.05) is 46.1 Å². The van der Waals surface area contributed by atoms with E-state index in [1.54, 1.807) is 91.0 Å². The van der Waals surface area contributed by atoms with E-state index in [1.165, 1.54) is 14.2 Å². The van der Waals surface area contributed by atoms with Gasteiger partial charge < -0.3 is 38.3 Å². The van der Waals surface area contributed by atoms with Crippen molar-refractivity contribution in [1.29, 1.82) is 0 Å². The number of aromatic amines is 1. The fourth-order valence-corrected chi connectivity index (χ4v) is 7.21. The Balaban J connectivity index is 1.22. The van der Waals surface area contributed by atoms with Gasteiger partial charge in [0.25, 0.3) is 11.5 Å². The second-order valence-electron chi connectivity index (χ2n) is 14.5. The fourth-order valence-electron chi connectivity index (χ4n) is 7.21. The SMILES string of the molecule is COc1ccc(C(OC[C@H]2O[C@@H](n3cnc4c(=O)[nH]c(NC(=O)COc5ccccc5)nc43)C(OCOCC(C(F)(F)F)C(F)(F)F)C2O)(c2ccccc2)c2ccc(OC)cc2)cc1. The smallest absolute Gasteiger partial charge is 0.402 e. The van der Waals surface area contributed by atoms with Gasteiger partial charge in [-0.3, -0.25) is 24.5 Å². The van der Waals surface area contributed by atoms with E-state index >= 15 is 0 Å². The summed E-state index contributed by atoms with van der Waals surface area (Å²) in [5, 5.41) is 14.3. The van der Waals surface area contributed by atoms with E-state index in [2.05, 4.69) is 20.3 Å². The van der Waals surface area contributed by atoms with E-state index in [0.717, 1.165) is 10.9 Å². The molecule has 4 aromatic carbocycles. The zero-order valence-electron chi connectivity index (χ0n) is 34.4. The summed E-state index contributed by atoms with van der Waals surface area (Å²) >= 11 is 0. The number of para-hydroxylation sites is 1. The highest BCUT2D eigenvalue weighted by Crippen LogP contribution is 2.44. The molecule has 65 heavy (non-hydrogen) atoms. The maximum atomic E-state index is 13.3. The number of aromatic nitrogens is 4. The number of amides is 1. The molecule has 1 aliphatic rings. The Hall–Kier alpha value is -6.52. The van der Waals surface area contributed by atoms with Crippen molar-refractivity contribution in [1.82, 2.24) is 19.5 Å². The lowest BCUT2D eigenvalue weighted by Gasteiger charge is -2.37. The number of rotatable bonds is 18. The first kappa shape index (κ1) is 46.5. The average Bonchev–Trinajstić information content (AvgIpc) is 3.86. The number of hydrogen-bond donors (Lipinski definition) is 3. The third-order valence-corrected chi connectivity index (χ3v) is 10.4. The molecule has 1 amide bonds. The summed E-state index contributed by atoms with van der Waals surface area (Å²) < 4.78 is 121. The van der Waals surface area contributed by atoms with Crippen LogP contribution in [0.4, 0.5) is 32.3 Å². The summed E-state index contributed by atoms with van der Waals surface area (Å²) in [6.07, 6.45) is -16.5. The Bertz CT molecular complexity index is 2500. The topological polar surface area (TPSA) is 178 Å². The predicted octanol–water partition coefficient (Wildman–Crippen LogP) is 6.52. The summed E-state index contributed by atoms with van der Waals surface area (Å²) in [5.74, 6) is -3.40. The second kappa shape index (κ2) is 19.7. The Morgan fingerprint density at radius 1 is 0.831 bits per heavy atom. The zero-order chi connectivity index (χ0) is 46.4. The molecule has 6 aromatic rings. The first-order valence-electron chi connectivity index (χ1n) is 19.7. The minimum atomic E-state index is -5.69. The average molecular weight is 914 g/mol. The third-order valence-electron chi connectivity index (χ3n) is 10.4. The van der Waals surface area contributed by atoms with Crippen LogP contribution in [-0.2, 0) is 29.3 Å². The zero-order valence-corrected chi connectivity index (χ0v) is 34.4. The number of fused-ring (bicyclic) bond motifs is 1. The largest absolute Gasteiger partial charge is 0.497 e. The van der Waals surface area contributed by atoms with Crippen LogP contribution in [0, 0.1) is 5.92 Å². The molecular weight excluding hydrogens is 872 g/mol. The maximum absolute atomic E-state index is 13.3. The van der Waals surface area contributed by atoms with Gasteiger partial charge in [0, 0.05) is 0 Å². The number of nitrogens with one attached hydrogen (secondary N) is 2. The van der Waals surface area contributed by atoms with Crippen molar-refractivity contribution in [2.45, 2.75) is 42.5 Å². The lowest BCUT2D eigenvalue weighted by atomic mass is 9.80. The Morgan fingerprint density at radius 3 is 1.97 bits per heavy atom. The van der Waals surface area contributed by atoms with Gasteiger partial charge in [0.2, 0.25) is 5.95 Å². The van der Waals surface area contributed by atoms with E-state index in [4.69, 9.17) is 33.2 Å². The number of halogens is 6. The number of carbonyl (C=O) groups is 1. The third kappa shape index (κ3) is 10.4. The van der Waals surface area contributed by atoms with Crippen molar-refractivity contribution in [2.24, 2.45) is 5.92 Å². The number of methoxy groups -OCH3 is 2. The highest BCUT2D eigenvalue weighted by Gasteiger charge is 2.57. The van der Waals surface area contributed by atoms with Gasteiger partial charge in [0.05, 0.1) is 33.8 Å². The maximum Gasteiger partial charge on any atom is 0.402 e. The minimum Gasteiger partial charge on any atom is -0.497 e. The highest BCUT2D eigenvalue weighted by atomic mass is 19.4. The van der Waals surface area contributed by atoms with E-state index in [0.29, 0.717) is 33.9 Å². The lowest BCUT2D eigenvalue weighted by Crippen LogP contribution is -2.41. The number of imidazole rings is 1. The number of anilines is 1. The lowest BCUT2D eigenvalue weighted by molar-refractivity contribution is -0.299. The van der Waals surface area contributed by atoms with Crippen molar-refractivity contribution >= 4 is 23.0 Å². The molecular formula is C44H41F6N5O10. The molecule has 4 atom stereocenters. The van der Waals surface area contributed by atoms with Gasteiger partial charge >= 0.3 is 12.4 Å². The van der Waals surface area contributed by atoms with Gasteiger partial charge in [0.1, 0.15) is 48.0 Å². The number of ether oxygens (including phenoxy) is 7. The molecule has 0 spiro atoms. The molecule has 3 N–H and O–H groups in total.